The van der Waals surface area contributed by atoms with Gasteiger partial charge in [0.05, 0.1) is 26.2 Å². The van der Waals surface area contributed by atoms with Crippen LogP contribution in [0.5, 0.6) is 0 Å². The van der Waals surface area contributed by atoms with Crippen LogP contribution in [0.4, 0.5) is 0 Å². The zero-order valence-electron chi connectivity index (χ0n) is 8.21. The zero-order valence-corrected chi connectivity index (χ0v) is 9.80. The second kappa shape index (κ2) is 4.73. The van der Waals surface area contributed by atoms with Crippen molar-refractivity contribution in [2.24, 2.45) is 5.73 Å². The molecule has 0 aromatic carbocycles. The SMILES string of the molecule is NCCC[N+]12CCN(CC1)CC2.[Br-]. The first-order valence-corrected chi connectivity index (χ1v) is 5.12. The van der Waals surface area contributed by atoms with Crippen molar-refractivity contribution >= 4 is 0 Å². The maximum absolute atomic E-state index is 5.55. The number of nitrogens with zero attached hydrogens (tertiary/aromatic N) is 2. The van der Waals surface area contributed by atoms with Crippen molar-refractivity contribution in [2.75, 3.05) is 52.4 Å². The fraction of sp³-hybridized carbons (Fsp3) is 1.00. The minimum absolute atomic E-state index is 0. The summed E-state index contributed by atoms with van der Waals surface area (Å²) in [5.74, 6) is 0. The molecule has 0 atom stereocenters. The van der Waals surface area contributed by atoms with E-state index in [9.17, 15) is 0 Å². The van der Waals surface area contributed by atoms with E-state index in [1.165, 1.54) is 56.7 Å². The maximum Gasteiger partial charge on any atom is 0.0916 e. The van der Waals surface area contributed by atoms with Gasteiger partial charge in [0.25, 0.3) is 0 Å². The van der Waals surface area contributed by atoms with Crippen molar-refractivity contribution in [3.8, 4) is 0 Å². The van der Waals surface area contributed by atoms with Crippen molar-refractivity contribution in [3.05, 3.63) is 0 Å². The molecule has 0 aliphatic carbocycles. The van der Waals surface area contributed by atoms with E-state index >= 15 is 0 Å². The zero-order chi connectivity index (χ0) is 8.44. The summed E-state index contributed by atoms with van der Waals surface area (Å²) in [5.41, 5.74) is 5.55. The van der Waals surface area contributed by atoms with Crippen LogP contribution in [0.2, 0.25) is 0 Å². The fourth-order valence-corrected chi connectivity index (χ4v) is 2.49. The van der Waals surface area contributed by atoms with E-state index in [0.717, 1.165) is 6.54 Å². The van der Waals surface area contributed by atoms with Gasteiger partial charge in [0.15, 0.2) is 0 Å². The van der Waals surface area contributed by atoms with Crippen LogP contribution in [-0.4, -0.2) is 61.7 Å². The van der Waals surface area contributed by atoms with Gasteiger partial charge < -0.3 is 27.2 Å². The summed E-state index contributed by atoms with van der Waals surface area (Å²) >= 11 is 0. The average molecular weight is 250 g/mol. The van der Waals surface area contributed by atoms with Crippen molar-refractivity contribution in [2.45, 2.75) is 6.42 Å². The van der Waals surface area contributed by atoms with E-state index in [4.69, 9.17) is 5.73 Å². The van der Waals surface area contributed by atoms with Gasteiger partial charge in [-0.25, -0.2) is 0 Å². The Balaban J connectivity index is 0.000000845. The third kappa shape index (κ3) is 2.43. The number of quaternary nitrogens is 1. The Morgan fingerprint density at radius 1 is 1.08 bits per heavy atom. The number of piperazine rings is 3. The molecule has 2 bridgehead atoms. The molecule has 3 rings (SSSR count). The second-order valence-corrected chi connectivity index (χ2v) is 4.22. The van der Waals surface area contributed by atoms with E-state index in [1.807, 2.05) is 0 Å². The molecule has 3 saturated heterocycles. The monoisotopic (exact) mass is 249 g/mol. The lowest BCUT2D eigenvalue weighted by Crippen LogP contribution is -3.00. The first-order valence-electron chi connectivity index (χ1n) is 5.12. The van der Waals surface area contributed by atoms with Crippen LogP contribution in [0.3, 0.4) is 0 Å². The number of hydrogen-bond acceptors (Lipinski definition) is 2. The molecule has 2 N–H and O–H groups in total. The summed E-state index contributed by atoms with van der Waals surface area (Å²) < 4.78 is 1.37. The Bertz CT molecular complexity index is 141. The quantitative estimate of drug-likeness (QED) is 0.526. The topological polar surface area (TPSA) is 29.3 Å². The van der Waals surface area contributed by atoms with Gasteiger partial charge in [-0.1, -0.05) is 0 Å². The summed E-state index contributed by atoms with van der Waals surface area (Å²) in [5, 5.41) is 0. The third-order valence-electron chi connectivity index (χ3n) is 3.51. The molecule has 78 valence electrons. The number of rotatable bonds is 3. The number of fused-ring (bicyclic) bond motifs is 3. The fourth-order valence-electron chi connectivity index (χ4n) is 2.49. The van der Waals surface area contributed by atoms with Crippen LogP contribution >= 0.6 is 0 Å². The molecule has 3 aliphatic rings. The normalized spacial score (nSPS) is 37.2. The standard InChI is InChI=1S/C9H20N3.BrH/c10-2-1-6-12-7-3-11(4-8-12)5-9-12;/h1-10H2;1H/q+1;/p-1. The number of halogens is 1. The van der Waals surface area contributed by atoms with Crippen LogP contribution in [0, 0.1) is 0 Å². The van der Waals surface area contributed by atoms with Gasteiger partial charge in [-0.05, 0) is 6.54 Å². The first-order chi connectivity index (χ1) is 5.85. The first kappa shape index (κ1) is 11.4. The summed E-state index contributed by atoms with van der Waals surface area (Å²) in [4.78, 5) is 2.59. The highest BCUT2D eigenvalue weighted by Gasteiger charge is 2.37. The van der Waals surface area contributed by atoms with Gasteiger partial charge in [-0.3, -0.25) is 4.90 Å². The summed E-state index contributed by atoms with van der Waals surface area (Å²) in [6, 6.07) is 0. The minimum Gasteiger partial charge on any atom is -1.00 e. The lowest BCUT2D eigenvalue weighted by molar-refractivity contribution is -0.941. The molecule has 3 aliphatic heterocycles. The summed E-state index contributed by atoms with van der Waals surface area (Å²) in [6.07, 6.45) is 1.21. The predicted molar refractivity (Wildman–Crippen MR) is 49.8 cm³/mol. The lowest BCUT2D eigenvalue weighted by Gasteiger charge is -2.50. The Morgan fingerprint density at radius 3 is 2.08 bits per heavy atom. The van der Waals surface area contributed by atoms with Crippen molar-refractivity contribution in [1.29, 1.82) is 0 Å². The highest BCUT2D eigenvalue weighted by molar-refractivity contribution is 4.70. The molecule has 0 aromatic heterocycles. The minimum atomic E-state index is 0. The van der Waals surface area contributed by atoms with Crippen LogP contribution in [0.25, 0.3) is 0 Å². The molecule has 0 saturated carbocycles. The lowest BCUT2D eigenvalue weighted by atomic mass is 10.1. The molecular formula is C9H20BrN3. The predicted octanol–water partition coefficient (Wildman–Crippen LogP) is -3.51. The molecule has 3 fully saturated rings. The summed E-state index contributed by atoms with van der Waals surface area (Å²) in [6.45, 7) is 10.3. The molecule has 0 unspecified atom stereocenters. The number of nitrogens with two attached hydrogens (primary N) is 1. The smallest absolute Gasteiger partial charge is 0.0916 e. The third-order valence-corrected chi connectivity index (χ3v) is 3.51. The largest absolute Gasteiger partial charge is 1.00 e. The Labute approximate surface area is 91.2 Å². The van der Waals surface area contributed by atoms with Gasteiger partial charge in [0.1, 0.15) is 0 Å². The van der Waals surface area contributed by atoms with Gasteiger partial charge >= 0.3 is 0 Å². The Morgan fingerprint density at radius 2 is 1.62 bits per heavy atom. The molecular weight excluding hydrogens is 230 g/mol. The molecule has 0 radical (unpaired) electrons. The highest BCUT2D eigenvalue weighted by Crippen LogP contribution is 2.19. The van der Waals surface area contributed by atoms with Gasteiger partial charge in [-0.2, -0.15) is 0 Å². The average Bonchev–Trinajstić information content (AvgIpc) is 2.18. The van der Waals surface area contributed by atoms with E-state index in [2.05, 4.69) is 4.90 Å². The van der Waals surface area contributed by atoms with Crippen LogP contribution in [0.1, 0.15) is 6.42 Å². The summed E-state index contributed by atoms with van der Waals surface area (Å²) in [7, 11) is 0. The van der Waals surface area contributed by atoms with E-state index in [0.29, 0.717) is 0 Å². The van der Waals surface area contributed by atoms with Gasteiger partial charge in [0, 0.05) is 26.1 Å². The molecule has 4 heteroatoms. The molecule has 0 aromatic rings. The highest BCUT2D eigenvalue weighted by atomic mass is 79.9. The van der Waals surface area contributed by atoms with E-state index in [-0.39, 0.29) is 17.0 Å². The molecule has 0 amide bonds. The molecule has 3 nitrogen and oxygen atoms in total. The number of hydrogen-bond donors (Lipinski definition) is 1. The van der Waals surface area contributed by atoms with Crippen LogP contribution in [0.15, 0.2) is 0 Å². The van der Waals surface area contributed by atoms with Crippen LogP contribution < -0.4 is 22.7 Å². The van der Waals surface area contributed by atoms with E-state index < -0.39 is 0 Å². The van der Waals surface area contributed by atoms with Crippen molar-refractivity contribution in [3.63, 3.8) is 0 Å². The molecule has 0 spiro atoms. The van der Waals surface area contributed by atoms with E-state index in [1.54, 1.807) is 0 Å². The molecule has 13 heavy (non-hydrogen) atoms. The van der Waals surface area contributed by atoms with Gasteiger partial charge in [-0.15, -0.1) is 0 Å². The Hall–Kier alpha value is 0.360. The maximum atomic E-state index is 5.55. The second-order valence-electron chi connectivity index (χ2n) is 4.22. The Kier molecular flexibility index (Phi) is 4.16. The molecule has 3 heterocycles. The van der Waals surface area contributed by atoms with Crippen molar-refractivity contribution < 1.29 is 21.5 Å². The van der Waals surface area contributed by atoms with Crippen LogP contribution in [-0.2, 0) is 0 Å². The van der Waals surface area contributed by atoms with Gasteiger partial charge in [0.2, 0.25) is 0 Å². The van der Waals surface area contributed by atoms with Crippen molar-refractivity contribution in [1.82, 2.24) is 4.90 Å².